The molecular formula is C16H31NO4. The van der Waals surface area contributed by atoms with Gasteiger partial charge in [0.2, 0.25) is 0 Å². The number of hydrogen-bond donors (Lipinski definition) is 1. The molecule has 0 rings (SSSR count). The van der Waals surface area contributed by atoms with E-state index in [9.17, 15) is 9.59 Å². The van der Waals surface area contributed by atoms with E-state index in [0.29, 0.717) is 19.6 Å². The van der Waals surface area contributed by atoms with Crippen LogP contribution in [0.2, 0.25) is 0 Å². The third-order valence-corrected chi connectivity index (χ3v) is 3.29. The molecule has 0 aromatic rings. The van der Waals surface area contributed by atoms with Crippen LogP contribution < -0.4 is 5.32 Å². The highest BCUT2D eigenvalue weighted by atomic mass is 16.5. The molecule has 0 bridgehead atoms. The van der Waals surface area contributed by atoms with E-state index in [1.807, 2.05) is 6.92 Å². The van der Waals surface area contributed by atoms with Gasteiger partial charge in [-0.15, -0.1) is 0 Å². The van der Waals surface area contributed by atoms with Crippen molar-refractivity contribution in [2.45, 2.75) is 64.7 Å². The van der Waals surface area contributed by atoms with Gasteiger partial charge in [-0.05, 0) is 26.3 Å². The molecule has 0 saturated heterocycles. The van der Waals surface area contributed by atoms with Gasteiger partial charge in [0.25, 0.3) is 0 Å². The number of unbranched alkanes of at least 4 members (excludes halogenated alkanes) is 7. The molecule has 0 aliphatic carbocycles. The molecular weight excluding hydrogens is 270 g/mol. The van der Waals surface area contributed by atoms with Crippen molar-refractivity contribution in [1.29, 1.82) is 0 Å². The summed E-state index contributed by atoms with van der Waals surface area (Å²) in [5.41, 5.74) is 0. The molecule has 0 radical (unpaired) electrons. The highest BCUT2D eigenvalue weighted by molar-refractivity contribution is 5.71. The molecule has 0 aromatic heterocycles. The maximum atomic E-state index is 11.1. The first kappa shape index (κ1) is 19.9. The van der Waals surface area contributed by atoms with Gasteiger partial charge >= 0.3 is 11.9 Å². The van der Waals surface area contributed by atoms with Gasteiger partial charge in [-0.2, -0.15) is 0 Å². The lowest BCUT2D eigenvalue weighted by Gasteiger charge is -2.05. The second-order valence-corrected chi connectivity index (χ2v) is 5.14. The van der Waals surface area contributed by atoms with Crippen molar-refractivity contribution in [2.24, 2.45) is 0 Å². The predicted octanol–water partition coefficient (Wildman–Crippen LogP) is 2.82. The smallest absolute Gasteiger partial charge is 0.319 e. The van der Waals surface area contributed by atoms with E-state index in [2.05, 4.69) is 10.1 Å². The molecule has 0 heterocycles. The Morgan fingerprint density at radius 1 is 0.857 bits per heavy atom. The average Bonchev–Trinajstić information content (AvgIpc) is 2.48. The Labute approximate surface area is 128 Å². The van der Waals surface area contributed by atoms with E-state index < -0.39 is 0 Å². The molecule has 5 heteroatoms. The Hall–Kier alpha value is -1.10. The van der Waals surface area contributed by atoms with Gasteiger partial charge in [-0.1, -0.05) is 38.5 Å². The normalized spacial score (nSPS) is 10.4. The van der Waals surface area contributed by atoms with Crippen LogP contribution in [0.4, 0.5) is 0 Å². The standard InChI is InChI=1S/C16H31NO4/c1-3-21-16(19)14-17-13-11-9-7-5-4-6-8-10-12-15(18)20-2/h17H,3-14H2,1-2H3. The Balaban J connectivity index is 3.09. The van der Waals surface area contributed by atoms with Gasteiger partial charge in [0.15, 0.2) is 0 Å². The van der Waals surface area contributed by atoms with Gasteiger partial charge in [-0.3, -0.25) is 9.59 Å². The number of esters is 2. The molecule has 0 unspecified atom stereocenters. The van der Waals surface area contributed by atoms with Gasteiger partial charge in [-0.25, -0.2) is 0 Å². The molecule has 0 atom stereocenters. The van der Waals surface area contributed by atoms with E-state index in [1.165, 1.54) is 39.2 Å². The van der Waals surface area contributed by atoms with Crippen LogP contribution in [0, 0.1) is 0 Å². The lowest BCUT2D eigenvalue weighted by Crippen LogP contribution is -2.25. The first-order valence-corrected chi connectivity index (χ1v) is 8.13. The monoisotopic (exact) mass is 301 g/mol. The zero-order chi connectivity index (χ0) is 15.8. The molecule has 0 aliphatic heterocycles. The van der Waals surface area contributed by atoms with Crippen LogP contribution in [0.5, 0.6) is 0 Å². The highest BCUT2D eigenvalue weighted by Crippen LogP contribution is 2.09. The molecule has 5 nitrogen and oxygen atoms in total. The maximum absolute atomic E-state index is 11.1. The van der Waals surface area contributed by atoms with Crippen molar-refractivity contribution in [3.05, 3.63) is 0 Å². The van der Waals surface area contributed by atoms with Crippen molar-refractivity contribution in [2.75, 3.05) is 26.8 Å². The van der Waals surface area contributed by atoms with Crippen LogP contribution in [0.15, 0.2) is 0 Å². The minimum Gasteiger partial charge on any atom is -0.469 e. The number of carbonyl (C=O) groups excluding carboxylic acids is 2. The Morgan fingerprint density at radius 2 is 1.43 bits per heavy atom. The second kappa shape index (κ2) is 15.3. The van der Waals surface area contributed by atoms with E-state index in [0.717, 1.165) is 25.8 Å². The Kier molecular flexibility index (Phi) is 14.5. The maximum Gasteiger partial charge on any atom is 0.319 e. The van der Waals surface area contributed by atoms with Crippen molar-refractivity contribution in [3.8, 4) is 0 Å². The SMILES string of the molecule is CCOC(=O)CNCCCCCCCCCCC(=O)OC. The number of methoxy groups -OCH3 is 1. The van der Waals surface area contributed by atoms with Crippen molar-refractivity contribution < 1.29 is 19.1 Å². The molecule has 0 saturated carbocycles. The van der Waals surface area contributed by atoms with Crippen LogP contribution in [0.25, 0.3) is 0 Å². The molecule has 0 aromatic carbocycles. The number of hydrogen-bond acceptors (Lipinski definition) is 5. The minimum absolute atomic E-state index is 0.106. The third-order valence-electron chi connectivity index (χ3n) is 3.29. The molecule has 124 valence electrons. The van der Waals surface area contributed by atoms with E-state index in [-0.39, 0.29) is 11.9 Å². The van der Waals surface area contributed by atoms with Crippen LogP contribution in [0.3, 0.4) is 0 Å². The predicted molar refractivity (Wildman–Crippen MR) is 83.1 cm³/mol. The quantitative estimate of drug-likeness (QED) is 0.395. The molecule has 21 heavy (non-hydrogen) atoms. The topological polar surface area (TPSA) is 64.6 Å². The first-order chi connectivity index (χ1) is 10.2. The summed E-state index contributed by atoms with van der Waals surface area (Å²) in [5.74, 6) is -0.283. The summed E-state index contributed by atoms with van der Waals surface area (Å²) in [5, 5.41) is 3.09. The lowest BCUT2D eigenvalue weighted by atomic mass is 10.1. The van der Waals surface area contributed by atoms with Gasteiger partial charge in [0, 0.05) is 6.42 Å². The molecule has 1 N–H and O–H groups in total. The molecule has 0 aliphatic rings. The van der Waals surface area contributed by atoms with Gasteiger partial charge in [0.1, 0.15) is 0 Å². The molecule has 0 amide bonds. The summed E-state index contributed by atoms with van der Waals surface area (Å²) >= 11 is 0. The lowest BCUT2D eigenvalue weighted by molar-refractivity contribution is -0.142. The molecule has 0 spiro atoms. The summed E-state index contributed by atoms with van der Waals surface area (Å²) in [4.78, 5) is 21.9. The van der Waals surface area contributed by atoms with Crippen LogP contribution in [-0.2, 0) is 19.1 Å². The minimum atomic E-state index is -0.176. The highest BCUT2D eigenvalue weighted by Gasteiger charge is 2.00. The van der Waals surface area contributed by atoms with E-state index in [4.69, 9.17) is 4.74 Å². The van der Waals surface area contributed by atoms with Crippen molar-refractivity contribution in [3.63, 3.8) is 0 Å². The summed E-state index contributed by atoms with van der Waals surface area (Å²) in [7, 11) is 1.43. The fourth-order valence-corrected chi connectivity index (χ4v) is 2.08. The zero-order valence-electron chi connectivity index (χ0n) is 13.6. The third kappa shape index (κ3) is 15.1. The number of ether oxygens (including phenoxy) is 2. The van der Waals surface area contributed by atoms with Crippen LogP contribution in [0.1, 0.15) is 64.7 Å². The molecule has 0 fully saturated rings. The van der Waals surface area contributed by atoms with Gasteiger partial charge < -0.3 is 14.8 Å². The average molecular weight is 301 g/mol. The fraction of sp³-hybridized carbons (Fsp3) is 0.875. The van der Waals surface area contributed by atoms with Crippen molar-refractivity contribution >= 4 is 11.9 Å². The zero-order valence-corrected chi connectivity index (χ0v) is 13.6. The van der Waals surface area contributed by atoms with E-state index >= 15 is 0 Å². The van der Waals surface area contributed by atoms with E-state index in [1.54, 1.807) is 0 Å². The summed E-state index contributed by atoms with van der Waals surface area (Å²) in [6, 6.07) is 0. The number of nitrogens with one attached hydrogen (secondary N) is 1. The van der Waals surface area contributed by atoms with Crippen molar-refractivity contribution in [1.82, 2.24) is 5.32 Å². The number of carbonyl (C=O) groups is 2. The Morgan fingerprint density at radius 3 is 2.00 bits per heavy atom. The second-order valence-electron chi connectivity index (χ2n) is 5.14. The van der Waals surface area contributed by atoms with Gasteiger partial charge in [0.05, 0.1) is 20.3 Å². The fourth-order valence-electron chi connectivity index (χ4n) is 2.08. The first-order valence-electron chi connectivity index (χ1n) is 8.13. The largest absolute Gasteiger partial charge is 0.469 e. The summed E-state index contributed by atoms with van der Waals surface area (Å²) < 4.78 is 9.42. The van der Waals surface area contributed by atoms with Crippen LogP contribution in [-0.4, -0.2) is 38.7 Å². The number of rotatable bonds is 14. The summed E-state index contributed by atoms with van der Waals surface area (Å²) in [6.45, 7) is 3.44. The Bertz CT molecular complexity index is 269. The summed E-state index contributed by atoms with van der Waals surface area (Å²) in [6.07, 6.45) is 9.78. The van der Waals surface area contributed by atoms with Crippen LogP contribution >= 0.6 is 0 Å².